The molecule has 1 unspecified atom stereocenters. The standard InChI is InChI=1S/C20H37N3O6/c1-15(24)7-8-16(21)19(25)23-10-4-6-18-28-13-20(14-29-18)11-26-17(27-12-20)5-3-9-22-2/h16-18,22H,3-14,21H2,1-2H3,(H,23,25). The molecule has 1 atom stereocenters. The fraction of sp³-hybridized carbons (Fsp3) is 0.900. The first-order chi connectivity index (χ1) is 13.9. The van der Waals surface area contributed by atoms with E-state index in [0.717, 1.165) is 25.8 Å². The van der Waals surface area contributed by atoms with Gasteiger partial charge in [0.25, 0.3) is 0 Å². The summed E-state index contributed by atoms with van der Waals surface area (Å²) in [6.45, 7) is 5.20. The SMILES string of the molecule is CNCCCC1OCC2(CO1)COC(CCCNC(=O)C(N)CCC(C)=O)OC2. The minimum Gasteiger partial charge on any atom is -0.355 e. The van der Waals surface area contributed by atoms with Crippen molar-refractivity contribution in [2.45, 2.75) is 64.1 Å². The lowest BCUT2D eigenvalue weighted by molar-refractivity contribution is -0.304. The van der Waals surface area contributed by atoms with Gasteiger partial charge in [-0.25, -0.2) is 0 Å². The molecule has 1 spiro atoms. The Bertz CT molecular complexity index is 500. The summed E-state index contributed by atoms with van der Waals surface area (Å²) < 4.78 is 23.4. The van der Waals surface area contributed by atoms with Gasteiger partial charge in [-0.1, -0.05) is 0 Å². The first-order valence-corrected chi connectivity index (χ1v) is 10.6. The highest BCUT2D eigenvalue weighted by Crippen LogP contribution is 2.31. The Morgan fingerprint density at radius 3 is 2.00 bits per heavy atom. The third-order valence-corrected chi connectivity index (χ3v) is 5.23. The average molecular weight is 416 g/mol. The predicted molar refractivity (Wildman–Crippen MR) is 107 cm³/mol. The predicted octanol–water partition coefficient (Wildman–Crippen LogP) is 0.311. The second-order valence-corrected chi connectivity index (χ2v) is 8.13. The van der Waals surface area contributed by atoms with Gasteiger partial charge in [-0.3, -0.25) is 4.79 Å². The summed E-state index contributed by atoms with van der Waals surface area (Å²) in [5.74, 6) is -0.188. The maximum Gasteiger partial charge on any atom is 0.236 e. The molecule has 9 heteroatoms. The zero-order valence-electron chi connectivity index (χ0n) is 17.7. The summed E-state index contributed by atoms with van der Waals surface area (Å²) in [6.07, 6.45) is 3.58. The van der Waals surface area contributed by atoms with Crippen LogP contribution in [0.25, 0.3) is 0 Å². The van der Waals surface area contributed by atoms with Crippen molar-refractivity contribution in [1.82, 2.24) is 10.6 Å². The van der Waals surface area contributed by atoms with Crippen molar-refractivity contribution in [3.8, 4) is 0 Å². The first kappa shape index (κ1) is 24.2. The molecular weight excluding hydrogens is 378 g/mol. The summed E-state index contributed by atoms with van der Waals surface area (Å²) in [4.78, 5) is 22.8. The lowest BCUT2D eigenvalue weighted by Gasteiger charge is -2.43. The van der Waals surface area contributed by atoms with E-state index in [0.29, 0.717) is 52.2 Å². The number of ketones is 1. The van der Waals surface area contributed by atoms with Crippen molar-refractivity contribution >= 4 is 11.7 Å². The minimum absolute atomic E-state index is 0.0377. The van der Waals surface area contributed by atoms with E-state index in [1.165, 1.54) is 6.92 Å². The highest BCUT2D eigenvalue weighted by atomic mass is 16.7. The smallest absolute Gasteiger partial charge is 0.236 e. The van der Waals surface area contributed by atoms with Crippen LogP contribution in [0.4, 0.5) is 0 Å². The Hall–Kier alpha value is -1.10. The van der Waals surface area contributed by atoms with Gasteiger partial charge in [-0.2, -0.15) is 0 Å². The third-order valence-electron chi connectivity index (χ3n) is 5.23. The summed E-state index contributed by atoms with van der Waals surface area (Å²) in [6, 6.07) is -0.644. The second-order valence-electron chi connectivity index (χ2n) is 8.13. The number of carbonyl (C=O) groups is 2. The van der Waals surface area contributed by atoms with Crippen LogP contribution in [0.5, 0.6) is 0 Å². The molecule has 0 bridgehead atoms. The van der Waals surface area contributed by atoms with Crippen molar-refractivity contribution in [3.05, 3.63) is 0 Å². The van der Waals surface area contributed by atoms with Crippen molar-refractivity contribution in [2.75, 3.05) is 46.6 Å². The molecule has 0 aliphatic carbocycles. The third kappa shape index (κ3) is 8.65. The molecule has 2 fully saturated rings. The zero-order chi connectivity index (χ0) is 21.1. The Morgan fingerprint density at radius 2 is 1.52 bits per heavy atom. The van der Waals surface area contributed by atoms with E-state index in [9.17, 15) is 9.59 Å². The van der Waals surface area contributed by atoms with Gasteiger partial charge < -0.3 is 40.1 Å². The monoisotopic (exact) mass is 415 g/mol. The molecule has 0 aromatic rings. The van der Waals surface area contributed by atoms with E-state index < -0.39 is 6.04 Å². The number of carbonyl (C=O) groups excluding carboxylic acids is 2. The number of nitrogens with one attached hydrogen (secondary N) is 2. The van der Waals surface area contributed by atoms with Crippen LogP contribution in [-0.2, 0) is 28.5 Å². The lowest BCUT2D eigenvalue weighted by atomic mass is 9.90. The molecule has 2 rings (SSSR count). The number of hydrogen-bond donors (Lipinski definition) is 3. The van der Waals surface area contributed by atoms with Crippen LogP contribution in [0.1, 0.15) is 45.4 Å². The van der Waals surface area contributed by atoms with E-state index in [1.807, 2.05) is 7.05 Å². The highest BCUT2D eigenvalue weighted by Gasteiger charge is 2.41. The number of nitrogens with two attached hydrogens (primary N) is 1. The molecule has 9 nitrogen and oxygen atoms in total. The highest BCUT2D eigenvalue weighted by molar-refractivity contribution is 5.82. The zero-order valence-corrected chi connectivity index (χ0v) is 17.7. The summed E-state index contributed by atoms with van der Waals surface area (Å²) >= 11 is 0. The molecule has 0 saturated carbocycles. The quantitative estimate of drug-likeness (QED) is 0.390. The van der Waals surface area contributed by atoms with Crippen LogP contribution in [0, 0.1) is 5.41 Å². The minimum atomic E-state index is -0.644. The van der Waals surface area contributed by atoms with Gasteiger partial charge in [0.05, 0.1) is 37.9 Å². The van der Waals surface area contributed by atoms with E-state index >= 15 is 0 Å². The number of hydrogen-bond acceptors (Lipinski definition) is 8. The van der Waals surface area contributed by atoms with Gasteiger partial charge in [0.2, 0.25) is 5.91 Å². The summed E-state index contributed by atoms with van der Waals surface area (Å²) in [7, 11) is 1.93. The molecule has 2 saturated heterocycles. The van der Waals surface area contributed by atoms with Crippen molar-refractivity contribution < 1.29 is 28.5 Å². The Morgan fingerprint density at radius 1 is 1.00 bits per heavy atom. The number of amides is 1. The van der Waals surface area contributed by atoms with Crippen LogP contribution >= 0.6 is 0 Å². The van der Waals surface area contributed by atoms with Gasteiger partial charge >= 0.3 is 0 Å². The molecule has 0 aromatic carbocycles. The largest absolute Gasteiger partial charge is 0.355 e. The van der Waals surface area contributed by atoms with Crippen LogP contribution in [0.2, 0.25) is 0 Å². The molecular formula is C20H37N3O6. The Kier molecular flexibility index (Phi) is 10.5. The van der Waals surface area contributed by atoms with E-state index in [4.69, 9.17) is 24.7 Å². The topological polar surface area (TPSA) is 121 Å². The molecule has 4 N–H and O–H groups in total. The van der Waals surface area contributed by atoms with E-state index in [2.05, 4.69) is 10.6 Å². The first-order valence-electron chi connectivity index (χ1n) is 10.6. The van der Waals surface area contributed by atoms with E-state index in [-0.39, 0.29) is 29.7 Å². The molecule has 0 radical (unpaired) electrons. The van der Waals surface area contributed by atoms with Gasteiger partial charge in [0, 0.05) is 19.4 Å². The Labute approximate surface area is 173 Å². The van der Waals surface area contributed by atoms with Crippen LogP contribution in [0.15, 0.2) is 0 Å². The van der Waals surface area contributed by atoms with Crippen molar-refractivity contribution in [3.63, 3.8) is 0 Å². The lowest BCUT2D eigenvalue weighted by Crippen LogP contribution is -2.52. The maximum absolute atomic E-state index is 11.9. The van der Waals surface area contributed by atoms with Crippen molar-refractivity contribution in [2.24, 2.45) is 11.1 Å². The second kappa shape index (κ2) is 12.6. The molecule has 168 valence electrons. The fourth-order valence-corrected chi connectivity index (χ4v) is 3.31. The normalized spacial score (nSPS) is 28.2. The number of rotatable bonds is 12. The molecule has 1 amide bonds. The molecule has 2 aliphatic heterocycles. The van der Waals surface area contributed by atoms with Crippen LogP contribution in [0.3, 0.4) is 0 Å². The fourth-order valence-electron chi connectivity index (χ4n) is 3.31. The van der Waals surface area contributed by atoms with Crippen LogP contribution < -0.4 is 16.4 Å². The Balaban J connectivity index is 1.55. The average Bonchev–Trinajstić information content (AvgIpc) is 2.72. The molecule has 29 heavy (non-hydrogen) atoms. The van der Waals surface area contributed by atoms with Crippen LogP contribution in [-0.4, -0.2) is 76.9 Å². The maximum atomic E-state index is 11.9. The number of ether oxygens (including phenoxy) is 4. The van der Waals surface area contributed by atoms with E-state index in [1.54, 1.807) is 0 Å². The molecule has 2 heterocycles. The van der Waals surface area contributed by atoms with Gasteiger partial charge in [-0.05, 0) is 46.2 Å². The molecule has 0 aromatic heterocycles. The van der Waals surface area contributed by atoms with Gasteiger partial charge in [0.15, 0.2) is 12.6 Å². The number of Topliss-reactive ketones (excluding diaryl/α,β-unsaturated/α-hetero) is 1. The van der Waals surface area contributed by atoms with Crippen molar-refractivity contribution in [1.29, 1.82) is 0 Å². The molecule has 2 aliphatic rings. The van der Waals surface area contributed by atoms with Gasteiger partial charge in [0.1, 0.15) is 5.78 Å². The van der Waals surface area contributed by atoms with Gasteiger partial charge in [-0.15, -0.1) is 0 Å². The summed E-state index contributed by atoms with van der Waals surface area (Å²) in [5, 5.41) is 5.92. The summed E-state index contributed by atoms with van der Waals surface area (Å²) in [5.41, 5.74) is 5.54.